The summed E-state index contributed by atoms with van der Waals surface area (Å²) >= 11 is 0. The fourth-order valence-electron chi connectivity index (χ4n) is 1.16. The van der Waals surface area contributed by atoms with E-state index in [1.165, 1.54) is 18.4 Å². The van der Waals surface area contributed by atoms with E-state index < -0.39 is 6.23 Å². The Bertz CT molecular complexity index is 191. The molecule has 1 fully saturated rings. The number of aliphatic hydroxyl groups is 1. The number of aliphatic hydroxyl groups excluding tert-OH is 1. The first-order valence-corrected chi connectivity index (χ1v) is 3.68. The number of dihydropyridines is 1. The van der Waals surface area contributed by atoms with Crippen molar-refractivity contribution in [2.24, 2.45) is 5.92 Å². The summed E-state index contributed by atoms with van der Waals surface area (Å²) in [4.78, 5) is 0. The molecule has 0 radical (unpaired) electrons. The SMILES string of the molecule is OC1C=CC(C2CC2)=CN1. The Morgan fingerprint density at radius 3 is 2.80 bits per heavy atom. The van der Waals surface area contributed by atoms with E-state index in [0.717, 1.165) is 5.92 Å². The summed E-state index contributed by atoms with van der Waals surface area (Å²) in [5.74, 6) is 0.774. The van der Waals surface area contributed by atoms with Crippen LogP contribution in [-0.2, 0) is 0 Å². The van der Waals surface area contributed by atoms with Gasteiger partial charge in [0.15, 0.2) is 0 Å². The van der Waals surface area contributed by atoms with Crippen molar-refractivity contribution in [2.75, 3.05) is 0 Å². The Morgan fingerprint density at radius 2 is 2.30 bits per heavy atom. The zero-order valence-corrected chi connectivity index (χ0v) is 5.75. The summed E-state index contributed by atoms with van der Waals surface area (Å²) in [5, 5.41) is 11.8. The zero-order valence-electron chi connectivity index (χ0n) is 5.75. The number of hydrogen-bond acceptors (Lipinski definition) is 2. The fourth-order valence-corrected chi connectivity index (χ4v) is 1.16. The third kappa shape index (κ3) is 1.07. The van der Waals surface area contributed by atoms with Crippen LogP contribution in [0, 0.1) is 5.92 Å². The first-order chi connectivity index (χ1) is 4.86. The lowest BCUT2D eigenvalue weighted by molar-refractivity contribution is 0.200. The maximum absolute atomic E-state index is 8.99. The number of hydrogen-bond donors (Lipinski definition) is 2. The maximum Gasteiger partial charge on any atom is 0.143 e. The first-order valence-electron chi connectivity index (χ1n) is 3.68. The molecule has 2 rings (SSSR count). The molecule has 0 aromatic carbocycles. The van der Waals surface area contributed by atoms with E-state index in [2.05, 4.69) is 5.32 Å². The zero-order chi connectivity index (χ0) is 6.97. The van der Waals surface area contributed by atoms with Crippen molar-refractivity contribution < 1.29 is 5.11 Å². The standard InChI is InChI=1S/C8H11NO/c10-8-4-3-7(5-9-8)6-1-2-6/h3-6,8-10H,1-2H2. The van der Waals surface area contributed by atoms with Crippen molar-refractivity contribution in [1.29, 1.82) is 0 Å². The van der Waals surface area contributed by atoms with Crippen LogP contribution >= 0.6 is 0 Å². The number of allylic oxidation sites excluding steroid dienone is 2. The lowest BCUT2D eigenvalue weighted by Gasteiger charge is -2.12. The molecule has 2 aliphatic rings. The van der Waals surface area contributed by atoms with E-state index in [1.54, 1.807) is 6.08 Å². The highest BCUT2D eigenvalue weighted by Crippen LogP contribution is 2.37. The van der Waals surface area contributed by atoms with Crippen LogP contribution in [0.25, 0.3) is 0 Å². The van der Waals surface area contributed by atoms with Crippen LogP contribution < -0.4 is 5.32 Å². The molecule has 2 N–H and O–H groups in total. The Labute approximate surface area is 60.2 Å². The molecule has 1 unspecified atom stereocenters. The Balaban J connectivity index is 2.04. The fraction of sp³-hybridized carbons (Fsp3) is 0.500. The molecule has 0 spiro atoms. The predicted octanol–water partition coefficient (Wildman–Crippen LogP) is 0.758. The highest BCUT2D eigenvalue weighted by molar-refractivity contribution is 5.28. The smallest absolute Gasteiger partial charge is 0.143 e. The van der Waals surface area contributed by atoms with Crippen molar-refractivity contribution in [1.82, 2.24) is 5.32 Å². The highest BCUT2D eigenvalue weighted by atomic mass is 16.3. The van der Waals surface area contributed by atoms with Gasteiger partial charge < -0.3 is 10.4 Å². The molecule has 1 aliphatic heterocycles. The van der Waals surface area contributed by atoms with Crippen LogP contribution in [0.2, 0.25) is 0 Å². The van der Waals surface area contributed by atoms with Gasteiger partial charge in [-0.25, -0.2) is 0 Å². The van der Waals surface area contributed by atoms with Crippen molar-refractivity contribution in [2.45, 2.75) is 19.1 Å². The quantitative estimate of drug-likeness (QED) is 0.559. The van der Waals surface area contributed by atoms with Gasteiger partial charge in [0.2, 0.25) is 0 Å². The van der Waals surface area contributed by atoms with Crippen molar-refractivity contribution >= 4 is 0 Å². The van der Waals surface area contributed by atoms with Crippen LogP contribution in [0.1, 0.15) is 12.8 Å². The van der Waals surface area contributed by atoms with Crippen molar-refractivity contribution in [3.05, 3.63) is 23.9 Å². The maximum atomic E-state index is 8.99. The van der Waals surface area contributed by atoms with Crippen molar-refractivity contribution in [3.8, 4) is 0 Å². The van der Waals surface area contributed by atoms with E-state index in [0.29, 0.717) is 0 Å². The molecule has 1 saturated carbocycles. The van der Waals surface area contributed by atoms with Crippen LogP contribution in [0.5, 0.6) is 0 Å². The molecule has 1 heterocycles. The van der Waals surface area contributed by atoms with E-state index in [9.17, 15) is 0 Å². The van der Waals surface area contributed by atoms with Gasteiger partial charge in [-0.05, 0) is 30.4 Å². The summed E-state index contributed by atoms with van der Waals surface area (Å²) in [7, 11) is 0. The van der Waals surface area contributed by atoms with E-state index in [4.69, 9.17) is 5.11 Å². The average molecular weight is 137 g/mol. The van der Waals surface area contributed by atoms with Gasteiger partial charge in [0, 0.05) is 6.20 Å². The second kappa shape index (κ2) is 2.13. The van der Waals surface area contributed by atoms with Gasteiger partial charge >= 0.3 is 0 Å². The van der Waals surface area contributed by atoms with E-state index in [-0.39, 0.29) is 0 Å². The van der Waals surface area contributed by atoms with Crippen LogP contribution in [-0.4, -0.2) is 11.3 Å². The molecule has 0 saturated heterocycles. The summed E-state index contributed by atoms with van der Waals surface area (Å²) < 4.78 is 0. The van der Waals surface area contributed by atoms with Gasteiger partial charge in [0.05, 0.1) is 0 Å². The monoisotopic (exact) mass is 137 g/mol. The molecular weight excluding hydrogens is 126 g/mol. The van der Waals surface area contributed by atoms with Gasteiger partial charge in [0.25, 0.3) is 0 Å². The molecule has 1 aliphatic carbocycles. The topological polar surface area (TPSA) is 32.3 Å². The van der Waals surface area contributed by atoms with Gasteiger partial charge in [-0.1, -0.05) is 6.08 Å². The van der Waals surface area contributed by atoms with E-state index in [1.807, 2.05) is 12.3 Å². The van der Waals surface area contributed by atoms with Gasteiger partial charge in [-0.2, -0.15) is 0 Å². The summed E-state index contributed by atoms with van der Waals surface area (Å²) in [6.07, 6.45) is 7.87. The summed E-state index contributed by atoms with van der Waals surface area (Å²) in [6, 6.07) is 0. The van der Waals surface area contributed by atoms with Crippen LogP contribution in [0.3, 0.4) is 0 Å². The minimum absolute atomic E-state index is 0.470. The predicted molar refractivity (Wildman–Crippen MR) is 39.1 cm³/mol. The number of nitrogens with one attached hydrogen (secondary N) is 1. The lowest BCUT2D eigenvalue weighted by atomic mass is 10.1. The van der Waals surface area contributed by atoms with Gasteiger partial charge in [-0.15, -0.1) is 0 Å². The van der Waals surface area contributed by atoms with E-state index >= 15 is 0 Å². The molecule has 1 atom stereocenters. The van der Waals surface area contributed by atoms with Crippen LogP contribution in [0.15, 0.2) is 23.9 Å². The Morgan fingerprint density at radius 1 is 1.50 bits per heavy atom. The molecule has 2 heteroatoms. The lowest BCUT2D eigenvalue weighted by Crippen LogP contribution is -2.23. The highest BCUT2D eigenvalue weighted by Gasteiger charge is 2.25. The molecule has 10 heavy (non-hydrogen) atoms. The second-order valence-corrected chi connectivity index (χ2v) is 2.89. The molecular formula is C8H11NO. The molecule has 0 amide bonds. The summed E-state index contributed by atoms with van der Waals surface area (Å²) in [6.45, 7) is 0. The number of rotatable bonds is 1. The molecule has 0 aromatic rings. The third-order valence-electron chi connectivity index (χ3n) is 1.94. The molecule has 2 nitrogen and oxygen atoms in total. The first kappa shape index (κ1) is 5.98. The summed E-state index contributed by atoms with van der Waals surface area (Å²) in [5.41, 5.74) is 1.34. The Hall–Kier alpha value is -0.760. The van der Waals surface area contributed by atoms with Crippen LogP contribution in [0.4, 0.5) is 0 Å². The average Bonchev–Trinajstić information content (AvgIpc) is 2.71. The second-order valence-electron chi connectivity index (χ2n) is 2.89. The normalized spacial score (nSPS) is 31.3. The minimum atomic E-state index is -0.470. The minimum Gasteiger partial charge on any atom is -0.370 e. The largest absolute Gasteiger partial charge is 0.370 e. The Kier molecular flexibility index (Phi) is 1.27. The third-order valence-corrected chi connectivity index (χ3v) is 1.94. The molecule has 0 aromatic heterocycles. The van der Waals surface area contributed by atoms with Gasteiger partial charge in [0.1, 0.15) is 6.23 Å². The van der Waals surface area contributed by atoms with Gasteiger partial charge in [-0.3, -0.25) is 0 Å². The molecule has 54 valence electrons. The molecule has 0 bridgehead atoms. The van der Waals surface area contributed by atoms with Crippen molar-refractivity contribution in [3.63, 3.8) is 0 Å².